The minimum absolute atomic E-state index is 0.00728. The summed E-state index contributed by atoms with van der Waals surface area (Å²) in [5.41, 5.74) is -1.59. The number of amides is 5. The van der Waals surface area contributed by atoms with Crippen LogP contribution in [0.2, 0.25) is 0 Å². The molecule has 3 rings (SSSR count). The molecule has 0 radical (unpaired) electrons. The van der Waals surface area contributed by atoms with Crippen molar-refractivity contribution < 1.29 is 38.2 Å². The molecule has 266 valence electrons. The monoisotopic (exact) mass is 663 g/mol. The smallest absolute Gasteiger partial charge is 0.408 e. The maximum Gasteiger partial charge on any atom is 0.408 e. The highest BCUT2D eigenvalue weighted by Crippen LogP contribution is 2.65. The lowest BCUT2D eigenvalue weighted by Crippen LogP contribution is -2.60. The molecule has 5 atom stereocenters. The van der Waals surface area contributed by atoms with E-state index in [2.05, 4.69) is 35.1 Å². The summed E-state index contributed by atoms with van der Waals surface area (Å²) in [6.45, 7) is 16.9. The van der Waals surface area contributed by atoms with Gasteiger partial charge in [0.1, 0.15) is 23.3 Å². The molecule has 3 fully saturated rings. The molecule has 0 aromatic heterocycles. The highest BCUT2D eigenvalue weighted by Gasteiger charge is 2.69. The zero-order valence-electron chi connectivity index (χ0n) is 29.7. The van der Waals surface area contributed by atoms with Crippen LogP contribution in [0.5, 0.6) is 0 Å². The van der Waals surface area contributed by atoms with E-state index in [1.54, 1.807) is 46.4 Å². The van der Waals surface area contributed by atoms with Crippen LogP contribution in [0, 0.1) is 23.2 Å². The first-order valence-electron chi connectivity index (χ1n) is 17.2. The van der Waals surface area contributed by atoms with Crippen molar-refractivity contribution in [3.63, 3.8) is 0 Å². The van der Waals surface area contributed by atoms with Crippen LogP contribution < -0.4 is 21.3 Å². The largest absolute Gasteiger partial charge is 0.444 e. The number of hydrogen-bond donors (Lipinski definition) is 4. The van der Waals surface area contributed by atoms with Crippen LogP contribution in [0.1, 0.15) is 107 Å². The van der Waals surface area contributed by atoms with Gasteiger partial charge in [0.2, 0.25) is 17.6 Å². The van der Waals surface area contributed by atoms with Gasteiger partial charge in [0.15, 0.2) is 0 Å². The molecule has 3 aliphatic rings. The standard InChI is InChI=1S/C34H57N5O8/c1-10-14-22(26(40)28(42)35-17-18-36-30(44)46-32(2,3)4)37-27(41)25-23-21(34(23,8)9)19-39(25)29(43)24(20-15-12-11-13-16-20)38-31(45)47-33(5,6)7/h20-25H,10-19H2,1-9H3,(H,35,42)(H,36,44)(H,37,41)(H,38,45)/t21-,22?,23-,24-,25-/m0/s1. The Morgan fingerprint density at radius 3 is 1.98 bits per heavy atom. The molecule has 1 unspecified atom stereocenters. The molecule has 13 heteroatoms. The van der Waals surface area contributed by atoms with E-state index in [-0.39, 0.29) is 48.6 Å². The summed E-state index contributed by atoms with van der Waals surface area (Å²) in [7, 11) is 0. The Kier molecular flexibility index (Phi) is 12.3. The number of ether oxygens (including phenoxy) is 2. The minimum Gasteiger partial charge on any atom is -0.444 e. The van der Waals surface area contributed by atoms with Crippen molar-refractivity contribution in [2.75, 3.05) is 19.6 Å². The fourth-order valence-corrected chi connectivity index (χ4v) is 6.99. The Hall–Kier alpha value is -3.38. The predicted octanol–water partition coefficient (Wildman–Crippen LogP) is 3.44. The number of carbonyl (C=O) groups excluding carboxylic acids is 6. The second-order valence-electron chi connectivity index (χ2n) is 15.8. The zero-order chi connectivity index (χ0) is 35.3. The fourth-order valence-electron chi connectivity index (χ4n) is 6.99. The summed E-state index contributed by atoms with van der Waals surface area (Å²) in [6, 6.07) is -2.77. The van der Waals surface area contributed by atoms with Gasteiger partial charge in [0.05, 0.1) is 6.04 Å². The van der Waals surface area contributed by atoms with Crippen LogP contribution in [-0.4, -0.2) is 89.6 Å². The quantitative estimate of drug-likeness (QED) is 0.182. The lowest BCUT2D eigenvalue weighted by molar-refractivity contribution is -0.145. The second kappa shape index (κ2) is 15.2. The summed E-state index contributed by atoms with van der Waals surface area (Å²) in [5, 5.41) is 10.7. The highest BCUT2D eigenvalue weighted by atomic mass is 16.6. The molecule has 13 nitrogen and oxygen atoms in total. The number of carbonyl (C=O) groups is 6. The van der Waals surface area contributed by atoms with Crippen LogP contribution in [-0.2, 0) is 28.7 Å². The Bertz CT molecular complexity index is 1180. The Morgan fingerprint density at radius 1 is 0.830 bits per heavy atom. The lowest BCUT2D eigenvalue weighted by Gasteiger charge is -2.37. The van der Waals surface area contributed by atoms with Crippen molar-refractivity contribution in [3.8, 4) is 0 Å². The van der Waals surface area contributed by atoms with E-state index in [4.69, 9.17) is 9.47 Å². The zero-order valence-corrected chi connectivity index (χ0v) is 29.7. The van der Waals surface area contributed by atoms with Crippen molar-refractivity contribution in [2.24, 2.45) is 23.2 Å². The van der Waals surface area contributed by atoms with Crippen molar-refractivity contribution in [1.82, 2.24) is 26.2 Å². The number of fused-ring (bicyclic) bond motifs is 1. The number of hydrogen-bond acceptors (Lipinski definition) is 8. The average molecular weight is 664 g/mol. The van der Waals surface area contributed by atoms with Crippen molar-refractivity contribution in [1.29, 1.82) is 0 Å². The first-order chi connectivity index (χ1) is 21.8. The maximum atomic E-state index is 14.3. The van der Waals surface area contributed by atoms with Crippen LogP contribution >= 0.6 is 0 Å². The van der Waals surface area contributed by atoms with Crippen LogP contribution in [0.4, 0.5) is 9.59 Å². The van der Waals surface area contributed by atoms with Gasteiger partial charge in [-0.3, -0.25) is 19.2 Å². The number of rotatable bonds is 12. The van der Waals surface area contributed by atoms with Crippen LogP contribution in [0.15, 0.2) is 0 Å². The molecule has 0 spiro atoms. The van der Waals surface area contributed by atoms with Gasteiger partial charge in [-0.25, -0.2) is 9.59 Å². The molecule has 2 saturated carbocycles. The SMILES string of the molecule is CCCC(NC(=O)[C@@H]1[C@@H]2[C@H](CN1C(=O)[C@@H](NC(=O)OC(C)(C)C)C1CCCCC1)C2(C)C)C(=O)C(=O)NCCNC(=O)OC(C)(C)C. The summed E-state index contributed by atoms with van der Waals surface area (Å²) in [5.74, 6) is -2.59. The van der Waals surface area contributed by atoms with Crippen molar-refractivity contribution >= 4 is 35.7 Å². The molecule has 0 bridgehead atoms. The van der Waals surface area contributed by atoms with E-state index in [9.17, 15) is 28.8 Å². The number of likely N-dealkylation sites (tertiary alicyclic amines) is 1. The predicted molar refractivity (Wildman–Crippen MR) is 175 cm³/mol. The van der Waals surface area contributed by atoms with E-state index in [1.807, 2.05) is 6.92 Å². The Morgan fingerprint density at radius 2 is 1.40 bits per heavy atom. The number of nitrogens with one attached hydrogen (secondary N) is 4. The normalized spacial score (nSPS) is 23.4. The number of alkyl carbamates (subject to hydrolysis) is 2. The minimum atomic E-state index is -1.08. The lowest BCUT2D eigenvalue weighted by atomic mass is 9.83. The second-order valence-corrected chi connectivity index (χ2v) is 15.8. The average Bonchev–Trinajstić information content (AvgIpc) is 3.26. The highest BCUT2D eigenvalue weighted by molar-refractivity contribution is 6.38. The van der Waals surface area contributed by atoms with E-state index in [0.717, 1.165) is 32.1 Å². The molecule has 5 amide bonds. The molecular formula is C34H57N5O8. The summed E-state index contributed by atoms with van der Waals surface area (Å²) in [6.07, 6.45) is 3.98. The van der Waals surface area contributed by atoms with Gasteiger partial charge in [0.25, 0.3) is 5.91 Å². The molecular weight excluding hydrogens is 606 g/mol. The van der Waals surface area contributed by atoms with E-state index in [1.165, 1.54) is 0 Å². The van der Waals surface area contributed by atoms with Gasteiger partial charge in [-0.1, -0.05) is 46.5 Å². The van der Waals surface area contributed by atoms with Crippen molar-refractivity contribution in [3.05, 3.63) is 0 Å². The molecule has 0 aromatic rings. The molecule has 1 heterocycles. The molecule has 2 aliphatic carbocycles. The maximum absolute atomic E-state index is 14.3. The van der Waals surface area contributed by atoms with Gasteiger partial charge in [-0.05, 0) is 84.0 Å². The third kappa shape index (κ3) is 10.3. The van der Waals surface area contributed by atoms with Gasteiger partial charge in [0, 0.05) is 19.6 Å². The van der Waals surface area contributed by atoms with E-state index < -0.39 is 59.1 Å². The fraction of sp³-hybridized carbons (Fsp3) is 0.824. The van der Waals surface area contributed by atoms with E-state index >= 15 is 0 Å². The molecule has 1 aliphatic heterocycles. The number of ketones is 1. The van der Waals surface area contributed by atoms with Gasteiger partial charge in [-0.2, -0.15) is 0 Å². The van der Waals surface area contributed by atoms with Gasteiger partial charge >= 0.3 is 12.2 Å². The number of Topliss-reactive ketones (excluding diaryl/α,β-unsaturated/α-hetero) is 1. The Labute approximate surface area is 279 Å². The first kappa shape index (κ1) is 38.1. The van der Waals surface area contributed by atoms with Gasteiger partial charge < -0.3 is 35.6 Å². The number of piperidine rings is 1. The number of nitrogens with zero attached hydrogens (tertiary/aromatic N) is 1. The van der Waals surface area contributed by atoms with Crippen molar-refractivity contribution in [2.45, 2.75) is 137 Å². The Balaban J connectivity index is 1.71. The first-order valence-corrected chi connectivity index (χ1v) is 17.2. The summed E-state index contributed by atoms with van der Waals surface area (Å²) >= 11 is 0. The van der Waals surface area contributed by atoms with Crippen LogP contribution in [0.25, 0.3) is 0 Å². The third-order valence-corrected chi connectivity index (χ3v) is 9.33. The molecule has 1 saturated heterocycles. The molecule has 47 heavy (non-hydrogen) atoms. The molecule has 4 N–H and O–H groups in total. The topological polar surface area (TPSA) is 172 Å². The summed E-state index contributed by atoms with van der Waals surface area (Å²) < 4.78 is 10.7. The van der Waals surface area contributed by atoms with Crippen LogP contribution in [0.3, 0.4) is 0 Å². The summed E-state index contributed by atoms with van der Waals surface area (Å²) in [4.78, 5) is 80.5. The van der Waals surface area contributed by atoms with Gasteiger partial charge in [-0.15, -0.1) is 0 Å². The van der Waals surface area contributed by atoms with E-state index in [0.29, 0.717) is 13.0 Å². The third-order valence-electron chi connectivity index (χ3n) is 9.33. The molecule has 0 aromatic carbocycles.